The number of carboxylic acid groups (broad SMARTS) is 1. The number of anilines is 1. The van der Waals surface area contributed by atoms with Gasteiger partial charge in [0.2, 0.25) is 0 Å². The van der Waals surface area contributed by atoms with Crippen molar-refractivity contribution in [1.82, 2.24) is 19.5 Å². The Morgan fingerprint density at radius 1 is 1.50 bits per heavy atom. The number of nitrogens with zero attached hydrogens (tertiary/aromatic N) is 4. The van der Waals surface area contributed by atoms with Crippen molar-refractivity contribution in [3.8, 4) is 0 Å². The number of aliphatic hydroxyl groups is 1. The number of fused-ring (bicyclic) bond motifs is 1. The molecule has 0 saturated carbocycles. The minimum Gasteiger partial charge on any atom is -0.480 e. The van der Waals surface area contributed by atoms with E-state index in [0.29, 0.717) is 22.5 Å². The van der Waals surface area contributed by atoms with E-state index in [4.69, 9.17) is 25.8 Å². The molecule has 1 aliphatic heterocycles. The largest absolute Gasteiger partial charge is 0.480 e. The van der Waals surface area contributed by atoms with Crippen molar-refractivity contribution in [2.24, 2.45) is 5.73 Å². The Labute approximate surface area is 162 Å². The summed E-state index contributed by atoms with van der Waals surface area (Å²) < 4.78 is 24.2. The maximum absolute atomic E-state index is 12.0. The Hall–Kier alpha value is -1.80. The number of aliphatic hydroxyl groups excluding tert-OH is 1. The molecule has 0 amide bonds. The van der Waals surface area contributed by atoms with Gasteiger partial charge in [0, 0.05) is 12.2 Å². The number of hydrogen-bond acceptors (Lipinski definition) is 11. The molecule has 0 radical (unpaired) electrons. The Balaban J connectivity index is 1.60. The number of carboxylic acids is 1. The molecule has 154 valence electrons. The van der Waals surface area contributed by atoms with E-state index in [-0.39, 0.29) is 24.6 Å². The van der Waals surface area contributed by atoms with Crippen molar-refractivity contribution in [3.05, 3.63) is 12.7 Å². The third-order valence-corrected chi connectivity index (χ3v) is 7.09. The van der Waals surface area contributed by atoms with Crippen molar-refractivity contribution in [3.63, 3.8) is 0 Å². The predicted molar refractivity (Wildman–Crippen MR) is 98.1 cm³/mol. The molecule has 13 nitrogen and oxygen atoms in total. The van der Waals surface area contributed by atoms with Gasteiger partial charge in [0.15, 0.2) is 11.5 Å². The molecule has 2 aromatic rings. The topological polar surface area (TPSA) is 209 Å². The Morgan fingerprint density at radius 3 is 2.96 bits per heavy atom. The second kappa shape index (κ2) is 8.29. The molecule has 2 aromatic heterocycles. The number of nitrogens with two attached hydrogens (primary N) is 2. The van der Waals surface area contributed by atoms with E-state index in [1.807, 2.05) is 0 Å². The van der Waals surface area contributed by atoms with E-state index in [1.165, 1.54) is 12.7 Å². The molecular weight excluding hydrogens is 415 g/mol. The highest BCUT2D eigenvalue weighted by molar-refractivity contribution is 8.54. The highest BCUT2D eigenvalue weighted by Gasteiger charge is 2.38. The molecule has 1 saturated heterocycles. The highest BCUT2D eigenvalue weighted by atomic mass is 32.7. The smallest absolute Gasteiger partial charge is 0.386 e. The normalized spacial score (nSPS) is 25.6. The summed E-state index contributed by atoms with van der Waals surface area (Å²) in [6, 6.07) is -1.30. The Morgan fingerprint density at radius 2 is 2.25 bits per heavy atom. The lowest BCUT2D eigenvalue weighted by atomic mass is 10.2. The lowest BCUT2D eigenvalue weighted by Gasteiger charge is -2.18. The fraction of sp³-hybridized carbons (Fsp3) is 0.538. The number of nitrogen functional groups attached to an aromatic ring is 1. The minimum absolute atomic E-state index is 0.177. The standard InChI is InChI=1S/C13H19N6O7PS/c14-6(13(21)22)3-28-27(23,24)25-2-8-7(20)1-9(26-8)19-5-18-10-11(15)16-4-17-12(10)19/h4-9,20H,1-3,14H2,(H,21,22)(H,23,24)(H2,15,16,17)/t6-,7?,8-,9-/m1/s1. The van der Waals surface area contributed by atoms with Gasteiger partial charge in [0.1, 0.15) is 30.2 Å². The number of aliphatic carboxylic acids is 1. The molecule has 2 unspecified atom stereocenters. The molecule has 0 aliphatic carbocycles. The summed E-state index contributed by atoms with van der Waals surface area (Å²) in [7, 11) is 0. The summed E-state index contributed by atoms with van der Waals surface area (Å²) in [4.78, 5) is 32.5. The van der Waals surface area contributed by atoms with Gasteiger partial charge in [-0.1, -0.05) is 0 Å². The van der Waals surface area contributed by atoms with Crippen LogP contribution in [0.3, 0.4) is 0 Å². The number of aromatic nitrogens is 4. The van der Waals surface area contributed by atoms with Crippen molar-refractivity contribution in [1.29, 1.82) is 0 Å². The predicted octanol–water partition coefficient (Wildman–Crippen LogP) is -0.681. The average molecular weight is 434 g/mol. The zero-order valence-electron chi connectivity index (χ0n) is 14.4. The first kappa shape index (κ1) is 20.9. The quantitative estimate of drug-likeness (QED) is 0.326. The summed E-state index contributed by atoms with van der Waals surface area (Å²) in [6.45, 7) is -4.54. The van der Waals surface area contributed by atoms with E-state index < -0.39 is 37.2 Å². The second-order valence-corrected chi connectivity index (χ2v) is 9.97. The molecule has 0 aromatic carbocycles. The summed E-state index contributed by atoms with van der Waals surface area (Å²) in [5.74, 6) is -1.39. The van der Waals surface area contributed by atoms with Crippen LogP contribution in [0.15, 0.2) is 12.7 Å². The number of carbonyl (C=O) groups is 1. The van der Waals surface area contributed by atoms with Crippen molar-refractivity contribution >= 4 is 41.1 Å². The highest BCUT2D eigenvalue weighted by Crippen LogP contribution is 2.56. The molecule has 0 bridgehead atoms. The van der Waals surface area contributed by atoms with E-state index >= 15 is 0 Å². The molecule has 3 rings (SSSR count). The third kappa shape index (κ3) is 4.60. The first-order valence-corrected chi connectivity index (χ1v) is 11.2. The van der Waals surface area contributed by atoms with Crippen LogP contribution in [0.2, 0.25) is 0 Å². The van der Waals surface area contributed by atoms with Gasteiger partial charge in [-0.25, -0.2) is 19.5 Å². The van der Waals surface area contributed by atoms with Gasteiger partial charge in [0.25, 0.3) is 0 Å². The van der Waals surface area contributed by atoms with Crippen LogP contribution >= 0.6 is 18.2 Å². The summed E-state index contributed by atoms with van der Waals surface area (Å²) in [5.41, 5.74) is 11.9. The number of imidazole rings is 1. The van der Waals surface area contributed by atoms with Gasteiger partial charge in [-0.05, 0) is 11.4 Å². The van der Waals surface area contributed by atoms with E-state index in [2.05, 4.69) is 15.0 Å². The number of ether oxygens (including phenoxy) is 1. The third-order valence-electron chi connectivity index (χ3n) is 4.04. The van der Waals surface area contributed by atoms with Crippen LogP contribution in [0.1, 0.15) is 12.6 Å². The van der Waals surface area contributed by atoms with Crippen LogP contribution in [0.4, 0.5) is 5.82 Å². The summed E-state index contributed by atoms with van der Waals surface area (Å²) in [5, 5.41) is 18.9. The molecule has 7 N–H and O–H groups in total. The second-order valence-electron chi connectivity index (χ2n) is 6.02. The van der Waals surface area contributed by atoms with Crippen LogP contribution in [0, 0.1) is 0 Å². The Bertz CT molecular complexity index is 913. The zero-order valence-corrected chi connectivity index (χ0v) is 16.1. The SMILES string of the molecule is Nc1ncnc2c1ncn2[C@H]1CC(O)[C@@H](COP(=O)(O)SC[C@@H](N)C(=O)O)O1. The maximum atomic E-state index is 12.0. The van der Waals surface area contributed by atoms with Crippen LogP contribution in [0.25, 0.3) is 11.2 Å². The van der Waals surface area contributed by atoms with Crippen LogP contribution in [-0.2, 0) is 18.6 Å². The van der Waals surface area contributed by atoms with Crippen LogP contribution in [0.5, 0.6) is 0 Å². The lowest BCUT2D eigenvalue weighted by molar-refractivity contribution is -0.137. The van der Waals surface area contributed by atoms with Crippen molar-refractivity contribution < 1.29 is 33.7 Å². The molecular formula is C13H19N6O7PS. The number of hydrogen-bond donors (Lipinski definition) is 5. The fourth-order valence-electron chi connectivity index (χ4n) is 2.57. The molecule has 5 atom stereocenters. The van der Waals surface area contributed by atoms with Gasteiger partial charge in [-0.2, -0.15) is 0 Å². The molecule has 1 aliphatic rings. The maximum Gasteiger partial charge on any atom is 0.386 e. The van der Waals surface area contributed by atoms with Crippen LogP contribution < -0.4 is 11.5 Å². The van der Waals surface area contributed by atoms with Gasteiger partial charge in [-0.15, -0.1) is 0 Å². The van der Waals surface area contributed by atoms with Crippen molar-refractivity contribution in [2.75, 3.05) is 18.1 Å². The Kier molecular flexibility index (Phi) is 6.19. The molecule has 3 heterocycles. The van der Waals surface area contributed by atoms with E-state index in [0.717, 1.165) is 0 Å². The molecule has 28 heavy (non-hydrogen) atoms. The fourth-order valence-corrected chi connectivity index (χ4v) is 4.92. The monoisotopic (exact) mass is 434 g/mol. The minimum atomic E-state index is -4.16. The number of rotatable bonds is 8. The van der Waals surface area contributed by atoms with Crippen LogP contribution in [-0.4, -0.2) is 71.2 Å². The van der Waals surface area contributed by atoms with Gasteiger partial charge < -0.3 is 31.3 Å². The van der Waals surface area contributed by atoms with Gasteiger partial charge in [-0.3, -0.25) is 13.9 Å². The summed E-state index contributed by atoms with van der Waals surface area (Å²) in [6.07, 6.45) is 0.438. The molecule has 15 heteroatoms. The first-order valence-electron chi connectivity index (χ1n) is 8.04. The van der Waals surface area contributed by atoms with Gasteiger partial charge >= 0.3 is 12.8 Å². The molecule has 0 spiro atoms. The van der Waals surface area contributed by atoms with E-state index in [1.54, 1.807) is 4.57 Å². The average Bonchev–Trinajstić information content (AvgIpc) is 3.22. The molecule has 1 fully saturated rings. The van der Waals surface area contributed by atoms with Gasteiger partial charge in [0.05, 0.1) is 19.0 Å². The lowest BCUT2D eigenvalue weighted by Crippen LogP contribution is -2.32. The van der Waals surface area contributed by atoms with Crippen molar-refractivity contribution in [2.45, 2.75) is 30.9 Å². The zero-order chi connectivity index (χ0) is 20.5. The summed E-state index contributed by atoms with van der Waals surface area (Å²) >= 11 is 0.402. The van der Waals surface area contributed by atoms with E-state index in [9.17, 15) is 19.4 Å². The first-order chi connectivity index (χ1) is 13.2.